The Hall–Kier alpha value is -1.16. The third kappa shape index (κ3) is 3.83. The molecule has 0 heterocycles. The van der Waals surface area contributed by atoms with Crippen molar-refractivity contribution in [2.45, 2.75) is 19.9 Å². The fourth-order valence-corrected chi connectivity index (χ4v) is 1.10. The number of benzene rings is 1. The van der Waals surface area contributed by atoms with Gasteiger partial charge in [-0.3, -0.25) is 0 Å². The summed E-state index contributed by atoms with van der Waals surface area (Å²) in [6, 6.07) is 4.25. The SMILES string of the molecule is CC(C)NCCOc1cccc(F)c1F. The summed E-state index contributed by atoms with van der Waals surface area (Å²) < 4.78 is 30.9. The van der Waals surface area contributed by atoms with Gasteiger partial charge in [0.05, 0.1) is 0 Å². The van der Waals surface area contributed by atoms with E-state index in [1.807, 2.05) is 13.8 Å². The molecule has 1 aromatic carbocycles. The van der Waals surface area contributed by atoms with Crippen LogP contribution >= 0.6 is 0 Å². The van der Waals surface area contributed by atoms with E-state index in [4.69, 9.17) is 4.74 Å². The largest absolute Gasteiger partial charge is 0.489 e. The van der Waals surface area contributed by atoms with Crippen molar-refractivity contribution >= 4 is 0 Å². The lowest BCUT2D eigenvalue weighted by Gasteiger charge is -2.10. The molecule has 1 N–H and O–H groups in total. The van der Waals surface area contributed by atoms with Crippen LogP contribution in [0.1, 0.15) is 13.8 Å². The summed E-state index contributed by atoms with van der Waals surface area (Å²) in [5, 5.41) is 3.11. The lowest BCUT2D eigenvalue weighted by molar-refractivity contribution is 0.289. The summed E-state index contributed by atoms with van der Waals surface area (Å²) in [5.74, 6) is -1.85. The molecule has 0 aliphatic carbocycles. The van der Waals surface area contributed by atoms with Gasteiger partial charge in [0.2, 0.25) is 5.82 Å². The van der Waals surface area contributed by atoms with Crippen LogP contribution in [0.5, 0.6) is 5.75 Å². The Morgan fingerprint density at radius 1 is 1.33 bits per heavy atom. The van der Waals surface area contributed by atoms with Gasteiger partial charge in [0.1, 0.15) is 6.61 Å². The van der Waals surface area contributed by atoms with Gasteiger partial charge in [-0.1, -0.05) is 19.9 Å². The zero-order chi connectivity index (χ0) is 11.3. The second-order valence-electron chi connectivity index (χ2n) is 3.51. The predicted molar refractivity (Wildman–Crippen MR) is 55.0 cm³/mol. The molecule has 0 fully saturated rings. The third-order valence-corrected chi connectivity index (χ3v) is 1.83. The quantitative estimate of drug-likeness (QED) is 0.761. The predicted octanol–water partition coefficient (Wildman–Crippen LogP) is 2.34. The molecule has 0 bridgehead atoms. The summed E-state index contributed by atoms with van der Waals surface area (Å²) in [7, 11) is 0. The van der Waals surface area contributed by atoms with E-state index in [2.05, 4.69) is 5.32 Å². The maximum Gasteiger partial charge on any atom is 0.200 e. The minimum Gasteiger partial charge on any atom is -0.489 e. The van der Waals surface area contributed by atoms with E-state index in [0.29, 0.717) is 19.2 Å². The zero-order valence-corrected chi connectivity index (χ0v) is 8.89. The Morgan fingerprint density at radius 2 is 2.07 bits per heavy atom. The molecule has 0 atom stereocenters. The smallest absolute Gasteiger partial charge is 0.200 e. The van der Waals surface area contributed by atoms with E-state index in [0.717, 1.165) is 6.07 Å². The number of ether oxygens (including phenoxy) is 1. The standard InChI is InChI=1S/C11H15F2NO/c1-8(2)14-6-7-15-10-5-3-4-9(12)11(10)13/h3-5,8,14H,6-7H2,1-2H3. The van der Waals surface area contributed by atoms with E-state index in [-0.39, 0.29) is 5.75 Å². The maximum atomic E-state index is 13.1. The van der Waals surface area contributed by atoms with Gasteiger partial charge in [-0.25, -0.2) is 4.39 Å². The third-order valence-electron chi connectivity index (χ3n) is 1.83. The van der Waals surface area contributed by atoms with Crippen molar-refractivity contribution in [1.29, 1.82) is 0 Å². The van der Waals surface area contributed by atoms with Crippen LogP contribution in [0.3, 0.4) is 0 Å². The molecule has 0 saturated carbocycles. The molecule has 15 heavy (non-hydrogen) atoms. The van der Waals surface area contributed by atoms with Gasteiger partial charge >= 0.3 is 0 Å². The monoisotopic (exact) mass is 215 g/mol. The molecule has 0 aliphatic heterocycles. The van der Waals surface area contributed by atoms with Crippen molar-refractivity contribution in [3.63, 3.8) is 0 Å². The molecule has 0 saturated heterocycles. The summed E-state index contributed by atoms with van der Waals surface area (Å²) in [5.41, 5.74) is 0. The van der Waals surface area contributed by atoms with Crippen molar-refractivity contribution < 1.29 is 13.5 Å². The molecule has 2 nitrogen and oxygen atoms in total. The highest BCUT2D eigenvalue weighted by molar-refractivity contribution is 5.24. The van der Waals surface area contributed by atoms with E-state index >= 15 is 0 Å². The highest BCUT2D eigenvalue weighted by Crippen LogP contribution is 2.18. The van der Waals surface area contributed by atoms with Crippen LogP contribution in [0.15, 0.2) is 18.2 Å². The van der Waals surface area contributed by atoms with Crippen molar-refractivity contribution in [3.8, 4) is 5.75 Å². The molecule has 0 unspecified atom stereocenters. The molecule has 0 aromatic heterocycles. The van der Waals surface area contributed by atoms with Gasteiger partial charge in [-0.15, -0.1) is 0 Å². The number of nitrogens with one attached hydrogen (secondary N) is 1. The minimum atomic E-state index is -0.929. The lowest BCUT2D eigenvalue weighted by atomic mass is 10.3. The van der Waals surface area contributed by atoms with Crippen molar-refractivity contribution in [2.75, 3.05) is 13.2 Å². The highest BCUT2D eigenvalue weighted by atomic mass is 19.2. The van der Waals surface area contributed by atoms with Crippen LogP contribution in [0.25, 0.3) is 0 Å². The second kappa shape index (κ2) is 5.66. The van der Waals surface area contributed by atoms with Crippen LogP contribution < -0.4 is 10.1 Å². The Kier molecular flexibility index (Phi) is 4.49. The van der Waals surface area contributed by atoms with Crippen molar-refractivity contribution in [3.05, 3.63) is 29.8 Å². The summed E-state index contributed by atoms with van der Waals surface area (Å²) in [6.45, 7) is 4.93. The first-order chi connectivity index (χ1) is 7.11. The molecule has 84 valence electrons. The van der Waals surface area contributed by atoms with Crippen molar-refractivity contribution in [1.82, 2.24) is 5.32 Å². The van der Waals surface area contributed by atoms with Crippen molar-refractivity contribution in [2.24, 2.45) is 0 Å². The Labute approximate surface area is 88.3 Å². The molecule has 0 aliphatic rings. The van der Waals surface area contributed by atoms with Gasteiger partial charge in [0, 0.05) is 12.6 Å². The van der Waals surface area contributed by atoms with E-state index in [1.54, 1.807) is 0 Å². The Bertz CT molecular complexity index is 315. The van der Waals surface area contributed by atoms with Gasteiger partial charge < -0.3 is 10.1 Å². The molecule has 4 heteroatoms. The summed E-state index contributed by atoms with van der Waals surface area (Å²) in [6.07, 6.45) is 0. The normalized spacial score (nSPS) is 10.7. The first-order valence-corrected chi connectivity index (χ1v) is 4.91. The first kappa shape index (κ1) is 11.9. The second-order valence-corrected chi connectivity index (χ2v) is 3.51. The van der Waals surface area contributed by atoms with Crippen LogP contribution in [-0.4, -0.2) is 19.2 Å². The number of hydrogen-bond acceptors (Lipinski definition) is 2. The van der Waals surface area contributed by atoms with Gasteiger partial charge in [0.25, 0.3) is 0 Å². The summed E-state index contributed by atoms with van der Waals surface area (Å²) in [4.78, 5) is 0. The maximum absolute atomic E-state index is 13.1. The molecule has 0 spiro atoms. The Morgan fingerprint density at radius 3 is 2.73 bits per heavy atom. The fraction of sp³-hybridized carbons (Fsp3) is 0.455. The topological polar surface area (TPSA) is 21.3 Å². The zero-order valence-electron chi connectivity index (χ0n) is 8.89. The van der Waals surface area contributed by atoms with Gasteiger partial charge in [0.15, 0.2) is 11.6 Å². The number of halogens is 2. The molecular formula is C11H15F2NO. The summed E-state index contributed by atoms with van der Waals surface area (Å²) >= 11 is 0. The average Bonchev–Trinajstić information content (AvgIpc) is 2.18. The molecule has 1 aromatic rings. The molecular weight excluding hydrogens is 200 g/mol. The van der Waals surface area contributed by atoms with E-state index in [1.165, 1.54) is 12.1 Å². The van der Waals surface area contributed by atoms with Crippen LogP contribution in [0.4, 0.5) is 8.78 Å². The number of rotatable bonds is 5. The van der Waals surface area contributed by atoms with Crippen LogP contribution in [0.2, 0.25) is 0 Å². The average molecular weight is 215 g/mol. The first-order valence-electron chi connectivity index (χ1n) is 4.91. The Balaban J connectivity index is 2.41. The molecule has 1 rings (SSSR count). The minimum absolute atomic E-state index is 0.0412. The van der Waals surface area contributed by atoms with E-state index in [9.17, 15) is 8.78 Å². The molecule has 0 amide bonds. The van der Waals surface area contributed by atoms with Crippen LogP contribution in [0, 0.1) is 11.6 Å². The molecule has 0 radical (unpaired) electrons. The van der Waals surface area contributed by atoms with Gasteiger partial charge in [-0.05, 0) is 12.1 Å². The highest BCUT2D eigenvalue weighted by Gasteiger charge is 2.07. The van der Waals surface area contributed by atoms with Crippen LogP contribution in [-0.2, 0) is 0 Å². The van der Waals surface area contributed by atoms with E-state index < -0.39 is 11.6 Å². The lowest BCUT2D eigenvalue weighted by Crippen LogP contribution is -2.27. The van der Waals surface area contributed by atoms with Gasteiger partial charge in [-0.2, -0.15) is 4.39 Å². The number of hydrogen-bond donors (Lipinski definition) is 1. The fourth-order valence-electron chi connectivity index (χ4n) is 1.10.